The molecule has 2 aromatic heterocycles. The predicted molar refractivity (Wildman–Crippen MR) is 99.7 cm³/mol. The van der Waals surface area contributed by atoms with E-state index in [1.165, 1.54) is 10.9 Å². The molecule has 29 heavy (non-hydrogen) atoms. The number of carboxylic acids is 1. The summed E-state index contributed by atoms with van der Waals surface area (Å²) >= 11 is 0. The van der Waals surface area contributed by atoms with Gasteiger partial charge < -0.3 is 30.3 Å². The zero-order valence-corrected chi connectivity index (χ0v) is 16.2. The summed E-state index contributed by atoms with van der Waals surface area (Å²) in [6.45, 7) is 0.151. The Hall–Kier alpha value is -2.31. The lowest BCUT2D eigenvalue weighted by Gasteiger charge is -2.16. The van der Waals surface area contributed by atoms with E-state index < -0.39 is 43.5 Å². The molecular formula is C15H22N5O8P. The summed E-state index contributed by atoms with van der Waals surface area (Å²) in [7, 11) is -3.72. The van der Waals surface area contributed by atoms with Crippen LogP contribution in [-0.2, 0) is 18.8 Å². The number of nitrogens with two attached hydrogens (primary N) is 1. The average Bonchev–Trinajstić information content (AvgIpc) is 3.17. The number of rotatable bonds is 9. The van der Waals surface area contributed by atoms with E-state index in [2.05, 4.69) is 15.0 Å². The monoisotopic (exact) mass is 431 g/mol. The molecule has 4 unspecified atom stereocenters. The fraction of sp³-hybridized carbons (Fsp3) is 0.600. The normalized spacial score (nSPS) is 24.0. The van der Waals surface area contributed by atoms with Crippen molar-refractivity contribution in [2.24, 2.45) is 0 Å². The first-order chi connectivity index (χ1) is 13.7. The van der Waals surface area contributed by atoms with Crippen molar-refractivity contribution in [3.05, 3.63) is 16.7 Å². The van der Waals surface area contributed by atoms with Crippen molar-refractivity contribution >= 4 is 30.5 Å². The molecule has 1 saturated heterocycles. The number of aliphatic hydroxyl groups is 1. The summed E-state index contributed by atoms with van der Waals surface area (Å²) in [4.78, 5) is 42.3. The second-order valence-electron chi connectivity index (χ2n) is 6.76. The van der Waals surface area contributed by atoms with Gasteiger partial charge in [0.15, 0.2) is 11.2 Å². The van der Waals surface area contributed by atoms with E-state index in [4.69, 9.17) is 20.3 Å². The number of aliphatic hydroxyl groups excluding tert-OH is 1. The molecule has 1 aliphatic rings. The van der Waals surface area contributed by atoms with Crippen LogP contribution in [0, 0.1) is 0 Å². The van der Waals surface area contributed by atoms with Crippen molar-refractivity contribution < 1.29 is 33.9 Å². The number of nitrogen functional groups attached to an aromatic ring is 1. The van der Waals surface area contributed by atoms with Gasteiger partial charge in [-0.2, -0.15) is 4.98 Å². The standard InChI is InChI=1S/C15H22N5O8P/c16-15-18-13-12(14(24)19-15)17-7-20(13)10-4-8(21)9(28-10)5-27-2-1-3-29(25,26)6-11(22)23/h7-10,21H,1-6H2,(H,22,23)(H,25,26)(H3,16,18,19,24). The predicted octanol–water partition coefficient (Wildman–Crippen LogP) is -0.888. The van der Waals surface area contributed by atoms with E-state index in [9.17, 15) is 24.2 Å². The minimum atomic E-state index is -3.72. The Morgan fingerprint density at radius 1 is 1.52 bits per heavy atom. The van der Waals surface area contributed by atoms with Gasteiger partial charge in [0.1, 0.15) is 18.5 Å². The Bertz CT molecular complexity index is 991. The molecule has 0 spiro atoms. The molecule has 0 aromatic carbocycles. The van der Waals surface area contributed by atoms with Crippen molar-refractivity contribution in [2.45, 2.75) is 31.3 Å². The number of hydrogen-bond acceptors (Lipinski definition) is 9. The molecule has 4 atom stereocenters. The Labute approximate surface area is 163 Å². The Morgan fingerprint density at radius 2 is 2.28 bits per heavy atom. The average molecular weight is 431 g/mol. The molecule has 0 aliphatic carbocycles. The molecule has 0 bridgehead atoms. The molecule has 1 aliphatic heterocycles. The zero-order valence-electron chi connectivity index (χ0n) is 15.3. The largest absolute Gasteiger partial charge is 0.481 e. The lowest BCUT2D eigenvalue weighted by atomic mass is 10.2. The molecule has 6 N–H and O–H groups in total. The third-order valence-electron chi connectivity index (χ3n) is 4.43. The number of anilines is 1. The van der Waals surface area contributed by atoms with Crippen LogP contribution >= 0.6 is 7.37 Å². The van der Waals surface area contributed by atoms with Gasteiger partial charge in [-0.25, -0.2) is 4.98 Å². The van der Waals surface area contributed by atoms with Crippen molar-refractivity contribution in [2.75, 3.05) is 31.3 Å². The van der Waals surface area contributed by atoms with E-state index >= 15 is 0 Å². The van der Waals surface area contributed by atoms with Crippen molar-refractivity contribution in [1.29, 1.82) is 0 Å². The van der Waals surface area contributed by atoms with Crippen molar-refractivity contribution in [3.8, 4) is 0 Å². The number of carboxylic acid groups (broad SMARTS) is 1. The van der Waals surface area contributed by atoms with Gasteiger partial charge in [-0.15, -0.1) is 0 Å². The lowest BCUT2D eigenvalue weighted by Crippen LogP contribution is -2.26. The molecule has 14 heteroatoms. The van der Waals surface area contributed by atoms with Crippen LogP contribution in [-0.4, -0.2) is 78.3 Å². The highest BCUT2D eigenvalue weighted by molar-refractivity contribution is 7.58. The topological polar surface area (TPSA) is 203 Å². The van der Waals surface area contributed by atoms with Crippen LogP contribution in [0.1, 0.15) is 19.1 Å². The SMILES string of the molecule is Nc1nc2c(ncn2C2CC(O)C(COCCCP(=O)(O)CC(=O)O)O2)c(=O)[nH]1. The summed E-state index contributed by atoms with van der Waals surface area (Å²) in [5, 5.41) is 18.8. The minimum Gasteiger partial charge on any atom is -0.481 e. The first kappa shape index (κ1) is 21.4. The number of ether oxygens (including phenoxy) is 2. The summed E-state index contributed by atoms with van der Waals surface area (Å²) in [6, 6.07) is 0. The quantitative estimate of drug-likeness (QED) is 0.243. The zero-order chi connectivity index (χ0) is 21.2. The highest BCUT2D eigenvalue weighted by Crippen LogP contribution is 2.40. The lowest BCUT2D eigenvalue weighted by molar-refractivity contribution is -0.134. The van der Waals surface area contributed by atoms with Crippen molar-refractivity contribution in [1.82, 2.24) is 19.5 Å². The van der Waals surface area contributed by atoms with E-state index in [-0.39, 0.29) is 49.3 Å². The van der Waals surface area contributed by atoms with Gasteiger partial charge in [-0.05, 0) is 6.42 Å². The third kappa shape index (κ3) is 5.19. The summed E-state index contributed by atoms with van der Waals surface area (Å²) < 4.78 is 24.3. The molecule has 3 heterocycles. The maximum atomic E-state index is 11.9. The number of aromatic nitrogens is 4. The second-order valence-corrected chi connectivity index (χ2v) is 9.21. The molecule has 3 rings (SSSR count). The van der Waals surface area contributed by atoms with Crippen LogP contribution in [0.2, 0.25) is 0 Å². The van der Waals surface area contributed by atoms with Crippen LogP contribution in [0.25, 0.3) is 11.2 Å². The highest BCUT2D eigenvalue weighted by atomic mass is 31.2. The maximum Gasteiger partial charge on any atom is 0.313 e. The van der Waals surface area contributed by atoms with E-state index in [0.29, 0.717) is 0 Å². The third-order valence-corrected chi connectivity index (χ3v) is 6.21. The van der Waals surface area contributed by atoms with Crippen LogP contribution in [0.15, 0.2) is 11.1 Å². The van der Waals surface area contributed by atoms with Gasteiger partial charge in [-0.1, -0.05) is 0 Å². The van der Waals surface area contributed by atoms with E-state index in [0.717, 1.165) is 0 Å². The highest BCUT2D eigenvalue weighted by Gasteiger charge is 2.36. The summed E-state index contributed by atoms with van der Waals surface area (Å²) in [5.74, 6) is -1.39. The van der Waals surface area contributed by atoms with Gasteiger partial charge in [0.2, 0.25) is 13.3 Å². The molecule has 0 saturated carbocycles. The molecule has 1 fully saturated rings. The van der Waals surface area contributed by atoms with Crippen LogP contribution < -0.4 is 11.3 Å². The number of aliphatic carboxylic acids is 1. The van der Waals surface area contributed by atoms with Gasteiger partial charge >= 0.3 is 5.97 Å². The van der Waals surface area contributed by atoms with Gasteiger partial charge in [0.05, 0.1) is 19.0 Å². The Balaban J connectivity index is 1.52. The van der Waals surface area contributed by atoms with E-state index in [1.54, 1.807) is 0 Å². The number of hydrogen-bond donors (Lipinski definition) is 5. The number of imidazole rings is 1. The number of nitrogens with zero attached hydrogens (tertiary/aromatic N) is 3. The smallest absolute Gasteiger partial charge is 0.313 e. The van der Waals surface area contributed by atoms with Gasteiger partial charge in [0, 0.05) is 19.2 Å². The Morgan fingerprint density at radius 3 is 3.00 bits per heavy atom. The van der Waals surface area contributed by atoms with Crippen LogP contribution in [0.5, 0.6) is 0 Å². The van der Waals surface area contributed by atoms with Crippen LogP contribution in [0.4, 0.5) is 5.95 Å². The van der Waals surface area contributed by atoms with Gasteiger partial charge in [-0.3, -0.25) is 23.7 Å². The fourth-order valence-electron chi connectivity index (χ4n) is 3.09. The number of H-pyrrole nitrogens is 1. The maximum absolute atomic E-state index is 11.9. The number of carbonyl (C=O) groups is 1. The summed E-state index contributed by atoms with van der Waals surface area (Å²) in [6.07, 6.45) is -1.26. The molecule has 2 aromatic rings. The summed E-state index contributed by atoms with van der Waals surface area (Å²) in [5.41, 5.74) is 5.43. The molecular weight excluding hydrogens is 409 g/mol. The van der Waals surface area contributed by atoms with Gasteiger partial charge in [0.25, 0.3) is 5.56 Å². The number of aromatic amines is 1. The fourth-order valence-corrected chi connectivity index (χ4v) is 4.30. The second kappa shape index (κ2) is 8.59. The first-order valence-corrected chi connectivity index (χ1v) is 10.9. The number of fused-ring (bicyclic) bond motifs is 1. The van der Waals surface area contributed by atoms with Crippen molar-refractivity contribution in [3.63, 3.8) is 0 Å². The van der Waals surface area contributed by atoms with Crippen LogP contribution in [0.3, 0.4) is 0 Å². The minimum absolute atomic E-state index is 0.0368. The Kier molecular flexibility index (Phi) is 6.34. The molecule has 13 nitrogen and oxygen atoms in total. The van der Waals surface area contributed by atoms with E-state index in [1.807, 2.05) is 0 Å². The number of nitrogens with one attached hydrogen (secondary N) is 1. The first-order valence-electron chi connectivity index (χ1n) is 8.82. The molecule has 0 radical (unpaired) electrons. The molecule has 0 amide bonds. The molecule has 160 valence electrons.